The lowest BCUT2D eigenvalue weighted by Crippen LogP contribution is -2.15. The fourth-order valence-corrected chi connectivity index (χ4v) is 2.29. The molecule has 0 saturated carbocycles. The number of benzene rings is 2. The average molecular weight is 368 g/mol. The van der Waals surface area contributed by atoms with E-state index in [0.29, 0.717) is 16.5 Å². The number of hydrogen-bond acceptors (Lipinski definition) is 4. The normalized spacial score (nSPS) is 10.1. The van der Waals surface area contributed by atoms with Crippen LogP contribution in [-0.4, -0.2) is 25.6 Å². The van der Waals surface area contributed by atoms with Gasteiger partial charge in [0.25, 0.3) is 0 Å². The van der Waals surface area contributed by atoms with E-state index in [1.807, 2.05) is 0 Å². The number of hydrogen-bond donors (Lipinski definition) is 1. The second kappa shape index (κ2) is 8.57. The number of rotatable bonds is 6. The minimum Gasteiger partial charge on any atom is -0.493 e. The lowest BCUT2D eigenvalue weighted by molar-refractivity contribution is -0.116. The molecule has 0 bridgehead atoms. The summed E-state index contributed by atoms with van der Waals surface area (Å²) in [5, 5.41) is 3.49. The molecule has 0 heterocycles. The van der Waals surface area contributed by atoms with Crippen LogP contribution in [0.5, 0.6) is 5.75 Å². The SMILES string of the molecule is COC(=O)c1cc(NC(=O)CCOc2cccc(Cl)c2)ccc1Cl. The summed E-state index contributed by atoms with van der Waals surface area (Å²) in [5.74, 6) is -0.231. The van der Waals surface area contributed by atoms with E-state index in [4.69, 9.17) is 27.9 Å². The van der Waals surface area contributed by atoms with Crippen molar-refractivity contribution in [3.05, 3.63) is 58.1 Å². The summed E-state index contributed by atoms with van der Waals surface area (Å²) < 4.78 is 10.1. The highest BCUT2D eigenvalue weighted by molar-refractivity contribution is 6.33. The van der Waals surface area contributed by atoms with E-state index in [0.717, 1.165) is 0 Å². The monoisotopic (exact) mass is 367 g/mol. The maximum Gasteiger partial charge on any atom is 0.339 e. The van der Waals surface area contributed by atoms with Gasteiger partial charge >= 0.3 is 5.97 Å². The van der Waals surface area contributed by atoms with Crippen molar-refractivity contribution in [3.8, 4) is 5.75 Å². The highest BCUT2D eigenvalue weighted by Gasteiger charge is 2.12. The van der Waals surface area contributed by atoms with Crippen molar-refractivity contribution >= 4 is 40.8 Å². The molecule has 7 heteroatoms. The maximum absolute atomic E-state index is 11.9. The summed E-state index contributed by atoms with van der Waals surface area (Å²) in [6, 6.07) is 11.5. The Bertz CT molecular complexity index is 749. The molecule has 0 aliphatic heterocycles. The Kier molecular flexibility index (Phi) is 6.46. The van der Waals surface area contributed by atoms with Gasteiger partial charge < -0.3 is 14.8 Å². The Hall–Kier alpha value is -2.24. The van der Waals surface area contributed by atoms with E-state index in [2.05, 4.69) is 10.1 Å². The number of methoxy groups -OCH3 is 1. The highest BCUT2D eigenvalue weighted by Crippen LogP contribution is 2.21. The number of ether oxygens (including phenoxy) is 2. The predicted octanol–water partition coefficient (Wildman–Crippen LogP) is 4.19. The summed E-state index contributed by atoms with van der Waals surface area (Å²) in [7, 11) is 1.26. The maximum atomic E-state index is 11.9. The minimum atomic E-state index is -0.569. The van der Waals surface area contributed by atoms with Gasteiger partial charge in [-0.05, 0) is 36.4 Å². The molecular formula is C17H15Cl2NO4. The molecule has 126 valence electrons. The molecule has 24 heavy (non-hydrogen) atoms. The molecule has 2 aromatic rings. The van der Waals surface area contributed by atoms with Gasteiger partial charge in [0, 0.05) is 10.7 Å². The van der Waals surface area contributed by atoms with E-state index in [9.17, 15) is 9.59 Å². The minimum absolute atomic E-state index is 0.142. The number of carbonyl (C=O) groups is 2. The lowest BCUT2D eigenvalue weighted by Gasteiger charge is -2.09. The van der Waals surface area contributed by atoms with Crippen molar-refractivity contribution in [1.82, 2.24) is 0 Å². The Morgan fingerprint density at radius 3 is 2.62 bits per heavy atom. The van der Waals surface area contributed by atoms with Gasteiger partial charge in [0.1, 0.15) is 5.75 Å². The summed E-state index contributed by atoms with van der Waals surface area (Å²) in [6.45, 7) is 0.198. The standard InChI is InChI=1S/C17H15Cl2NO4/c1-23-17(22)14-10-12(5-6-15(14)19)20-16(21)7-8-24-13-4-2-3-11(18)9-13/h2-6,9-10H,7-8H2,1H3,(H,20,21). The van der Waals surface area contributed by atoms with Crippen LogP contribution in [-0.2, 0) is 9.53 Å². The smallest absolute Gasteiger partial charge is 0.339 e. The van der Waals surface area contributed by atoms with Crippen LogP contribution in [0.1, 0.15) is 16.8 Å². The number of halogens is 2. The quantitative estimate of drug-likeness (QED) is 0.777. The first-order valence-electron chi connectivity index (χ1n) is 7.05. The van der Waals surface area contributed by atoms with Crippen molar-refractivity contribution in [2.45, 2.75) is 6.42 Å². The van der Waals surface area contributed by atoms with Gasteiger partial charge in [-0.15, -0.1) is 0 Å². The van der Waals surface area contributed by atoms with Crippen molar-refractivity contribution in [3.63, 3.8) is 0 Å². The van der Waals surface area contributed by atoms with Gasteiger partial charge in [-0.3, -0.25) is 4.79 Å². The van der Waals surface area contributed by atoms with Crippen LogP contribution in [0, 0.1) is 0 Å². The molecule has 1 N–H and O–H groups in total. The molecule has 1 amide bonds. The average Bonchev–Trinajstić information content (AvgIpc) is 2.56. The zero-order chi connectivity index (χ0) is 17.5. The predicted molar refractivity (Wildman–Crippen MR) is 93.0 cm³/mol. The third-order valence-electron chi connectivity index (χ3n) is 3.05. The summed E-state index contributed by atoms with van der Waals surface area (Å²) >= 11 is 11.8. The Morgan fingerprint density at radius 2 is 1.92 bits per heavy atom. The molecule has 0 aliphatic carbocycles. The first-order chi connectivity index (χ1) is 11.5. The van der Waals surface area contributed by atoms with E-state index in [-0.39, 0.29) is 29.5 Å². The summed E-state index contributed by atoms with van der Waals surface area (Å²) in [5.41, 5.74) is 0.639. The molecular weight excluding hydrogens is 353 g/mol. The van der Waals surface area contributed by atoms with Crippen LogP contribution < -0.4 is 10.1 Å². The molecule has 0 atom stereocenters. The molecule has 0 radical (unpaired) electrons. The molecule has 0 spiro atoms. The topological polar surface area (TPSA) is 64.6 Å². The van der Waals surface area contributed by atoms with Crippen LogP contribution in [0.15, 0.2) is 42.5 Å². The van der Waals surface area contributed by atoms with E-state index in [1.54, 1.807) is 30.3 Å². The molecule has 0 aromatic heterocycles. The van der Waals surface area contributed by atoms with Gasteiger partial charge in [0.2, 0.25) is 5.91 Å². The first-order valence-corrected chi connectivity index (χ1v) is 7.81. The zero-order valence-electron chi connectivity index (χ0n) is 12.8. The van der Waals surface area contributed by atoms with Crippen molar-refractivity contribution in [2.75, 3.05) is 19.0 Å². The van der Waals surface area contributed by atoms with Gasteiger partial charge in [0.05, 0.1) is 30.7 Å². The van der Waals surface area contributed by atoms with Gasteiger partial charge in [-0.1, -0.05) is 29.3 Å². The molecule has 0 aliphatic rings. The Labute approximate surface area is 149 Å². The van der Waals surface area contributed by atoms with E-state index < -0.39 is 5.97 Å². The molecule has 5 nitrogen and oxygen atoms in total. The van der Waals surface area contributed by atoms with Crippen LogP contribution in [0.3, 0.4) is 0 Å². The molecule has 2 rings (SSSR count). The highest BCUT2D eigenvalue weighted by atomic mass is 35.5. The fourth-order valence-electron chi connectivity index (χ4n) is 1.91. The third-order valence-corrected chi connectivity index (χ3v) is 3.61. The van der Waals surface area contributed by atoms with Gasteiger partial charge in [0.15, 0.2) is 0 Å². The summed E-state index contributed by atoms with van der Waals surface area (Å²) in [6.07, 6.45) is 0.142. The Balaban J connectivity index is 1.89. The second-order valence-corrected chi connectivity index (χ2v) is 5.63. The van der Waals surface area contributed by atoms with Gasteiger partial charge in [-0.2, -0.15) is 0 Å². The fraction of sp³-hybridized carbons (Fsp3) is 0.176. The van der Waals surface area contributed by atoms with Crippen LogP contribution in [0.25, 0.3) is 0 Å². The van der Waals surface area contributed by atoms with Crippen LogP contribution in [0.4, 0.5) is 5.69 Å². The molecule has 2 aromatic carbocycles. The third kappa shape index (κ3) is 5.15. The number of anilines is 1. The number of nitrogens with one attached hydrogen (secondary N) is 1. The number of amides is 1. The van der Waals surface area contributed by atoms with Crippen LogP contribution in [0.2, 0.25) is 10.0 Å². The van der Waals surface area contributed by atoms with Crippen molar-refractivity contribution in [1.29, 1.82) is 0 Å². The lowest BCUT2D eigenvalue weighted by atomic mass is 10.2. The van der Waals surface area contributed by atoms with E-state index in [1.165, 1.54) is 19.2 Å². The molecule has 0 saturated heterocycles. The van der Waals surface area contributed by atoms with Crippen LogP contribution >= 0.6 is 23.2 Å². The number of carbonyl (C=O) groups excluding carboxylic acids is 2. The van der Waals surface area contributed by atoms with Gasteiger partial charge in [-0.25, -0.2) is 4.79 Å². The largest absolute Gasteiger partial charge is 0.493 e. The van der Waals surface area contributed by atoms with Crippen molar-refractivity contribution in [2.24, 2.45) is 0 Å². The number of esters is 1. The summed E-state index contributed by atoms with van der Waals surface area (Å²) in [4.78, 5) is 23.5. The molecule has 0 fully saturated rings. The van der Waals surface area contributed by atoms with Crippen molar-refractivity contribution < 1.29 is 19.1 Å². The first kappa shape index (κ1) is 18.1. The zero-order valence-corrected chi connectivity index (χ0v) is 14.4. The Morgan fingerprint density at radius 1 is 1.12 bits per heavy atom. The second-order valence-electron chi connectivity index (χ2n) is 4.79. The van der Waals surface area contributed by atoms with E-state index >= 15 is 0 Å². The molecule has 0 unspecified atom stereocenters.